The topological polar surface area (TPSA) is 64.8 Å². The van der Waals surface area contributed by atoms with E-state index in [0.717, 1.165) is 32.5 Å². The second-order valence-electron chi connectivity index (χ2n) is 5.18. The van der Waals surface area contributed by atoms with E-state index in [9.17, 15) is 4.79 Å². The Morgan fingerprint density at radius 3 is 2.52 bits per heavy atom. The van der Waals surface area contributed by atoms with Crippen LogP contribution in [0.4, 0.5) is 5.69 Å². The molecule has 5 heteroatoms. The van der Waals surface area contributed by atoms with Crippen molar-refractivity contribution in [3.63, 3.8) is 0 Å². The highest BCUT2D eigenvalue weighted by Crippen LogP contribution is 2.17. The Morgan fingerprint density at radius 1 is 1.24 bits per heavy atom. The van der Waals surface area contributed by atoms with Crippen LogP contribution in [0.1, 0.15) is 30.1 Å². The summed E-state index contributed by atoms with van der Waals surface area (Å²) < 4.78 is 11.0. The highest BCUT2D eigenvalue weighted by Gasteiger charge is 2.23. The smallest absolute Gasteiger partial charge is 0.253 e. The van der Waals surface area contributed by atoms with Gasteiger partial charge in [-0.2, -0.15) is 0 Å². The molecular formula is C16H24N2O3. The van der Waals surface area contributed by atoms with Crippen LogP contribution < -0.4 is 5.73 Å². The molecule has 0 spiro atoms. The fourth-order valence-corrected chi connectivity index (χ4v) is 2.45. The largest absolute Gasteiger partial charge is 0.399 e. The third kappa shape index (κ3) is 4.72. The van der Waals surface area contributed by atoms with E-state index < -0.39 is 0 Å². The average molecular weight is 292 g/mol. The predicted octanol–water partition coefficient (Wildman–Crippen LogP) is 1.93. The van der Waals surface area contributed by atoms with Gasteiger partial charge >= 0.3 is 0 Å². The van der Waals surface area contributed by atoms with Crippen LogP contribution in [0, 0.1) is 0 Å². The molecule has 5 nitrogen and oxygen atoms in total. The Morgan fingerprint density at radius 2 is 1.90 bits per heavy atom. The molecule has 0 bridgehead atoms. The molecule has 1 saturated heterocycles. The zero-order chi connectivity index (χ0) is 15.1. The summed E-state index contributed by atoms with van der Waals surface area (Å²) in [5, 5.41) is 0. The molecule has 1 aliphatic heterocycles. The molecule has 0 atom stereocenters. The molecule has 0 aliphatic carbocycles. The van der Waals surface area contributed by atoms with Crippen LogP contribution in [-0.4, -0.2) is 49.8 Å². The van der Waals surface area contributed by atoms with Gasteiger partial charge in [-0.3, -0.25) is 4.79 Å². The fraction of sp³-hybridized carbons (Fsp3) is 0.562. The third-order valence-electron chi connectivity index (χ3n) is 3.67. The minimum absolute atomic E-state index is 0.0720. The number of rotatable bonds is 6. The van der Waals surface area contributed by atoms with Crippen LogP contribution >= 0.6 is 0 Å². The van der Waals surface area contributed by atoms with Gasteiger partial charge in [0.05, 0.1) is 19.3 Å². The second kappa shape index (κ2) is 8.00. The highest BCUT2D eigenvalue weighted by molar-refractivity contribution is 5.94. The van der Waals surface area contributed by atoms with E-state index in [2.05, 4.69) is 0 Å². The number of piperidine rings is 1. The fourth-order valence-electron chi connectivity index (χ4n) is 2.45. The van der Waals surface area contributed by atoms with Crippen LogP contribution in [0.2, 0.25) is 0 Å². The van der Waals surface area contributed by atoms with E-state index in [1.165, 1.54) is 0 Å². The molecule has 1 fully saturated rings. The molecule has 0 radical (unpaired) electrons. The monoisotopic (exact) mass is 292 g/mol. The first-order valence-electron chi connectivity index (χ1n) is 7.55. The minimum Gasteiger partial charge on any atom is -0.399 e. The van der Waals surface area contributed by atoms with Crippen LogP contribution in [0.15, 0.2) is 24.3 Å². The van der Waals surface area contributed by atoms with Crippen LogP contribution in [0.25, 0.3) is 0 Å². The Hall–Kier alpha value is -1.59. The van der Waals surface area contributed by atoms with Crippen molar-refractivity contribution in [2.75, 3.05) is 38.6 Å². The lowest BCUT2D eigenvalue weighted by atomic mass is 10.1. The minimum atomic E-state index is 0.0720. The van der Waals surface area contributed by atoms with Crippen molar-refractivity contribution in [1.29, 1.82) is 0 Å². The predicted molar refractivity (Wildman–Crippen MR) is 82.2 cm³/mol. The molecule has 2 rings (SSSR count). The molecule has 1 amide bonds. The quantitative estimate of drug-likeness (QED) is 0.643. The van der Waals surface area contributed by atoms with Gasteiger partial charge in [0.15, 0.2) is 0 Å². The van der Waals surface area contributed by atoms with Crippen molar-refractivity contribution in [2.24, 2.45) is 0 Å². The molecule has 1 heterocycles. The third-order valence-corrected chi connectivity index (χ3v) is 3.67. The summed E-state index contributed by atoms with van der Waals surface area (Å²) in [5.74, 6) is 0.0720. The number of hydrogen-bond donors (Lipinski definition) is 1. The number of likely N-dealkylation sites (tertiary alicyclic amines) is 1. The normalized spacial score (nSPS) is 16.1. The standard InChI is InChI=1S/C16H24N2O3/c1-2-20-11-12-21-15-7-9-18(10-8-15)16(19)13-3-5-14(17)6-4-13/h3-6,15H,2,7-12,17H2,1H3. The van der Waals surface area contributed by atoms with Crippen molar-refractivity contribution in [2.45, 2.75) is 25.9 Å². The molecule has 0 saturated carbocycles. The zero-order valence-corrected chi connectivity index (χ0v) is 12.6. The van der Waals surface area contributed by atoms with Crippen LogP contribution in [0.5, 0.6) is 0 Å². The lowest BCUT2D eigenvalue weighted by Crippen LogP contribution is -2.41. The van der Waals surface area contributed by atoms with Gasteiger partial charge in [-0.25, -0.2) is 0 Å². The molecule has 1 aromatic rings. The lowest BCUT2D eigenvalue weighted by Gasteiger charge is -2.32. The number of carbonyl (C=O) groups excluding carboxylic acids is 1. The molecule has 1 aromatic carbocycles. The molecule has 0 unspecified atom stereocenters. The molecule has 0 aromatic heterocycles. The van der Waals surface area contributed by atoms with Gasteiger partial charge in [0.2, 0.25) is 0 Å². The Labute approximate surface area is 126 Å². The van der Waals surface area contributed by atoms with Crippen LogP contribution in [0.3, 0.4) is 0 Å². The maximum atomic E-state index is 12.3. The van der Waals surface area contributed by atoms with E-state index in [4.69, 9.17) is 15.2 Å². The van der Waals surface area contributed by atoms with E-state index in [0.29, 0.717) is 24.5 Å². The SMILES string of the molecule is CCOCCOC1CCN(C(=O)c2ccc(N)cc2)CC1. The second-order valence-corrected chi connectivity index (χ2v) is 5.18. The van der Waals surface area contributed by atoms with Crippen LogP contribution in [-0.2, 0) is 9.47 Å². The Balaban J connectivity index is 1.75. The van der Waals surface area contributed by atoms with Gasteiger partial charge in [0, 0.05) is 30.9 Å². The van der Waals surface area contributed by atoms with Gasteiger partial charge in [-0.15, -0.1) is 0 Å². The number of benzene rings is 1. The number of nitrogen functional groups attached to an aromatic ring is 1. The number of anilines is 1. The summed E-state index contributed by atoms with van der Waals surface area (Å²) in [6.07, 6.45) is 2.00. The average Bonchev–Trinajstić information content (AvgIpc) is 2.52. The summed E-state index contributed by atoms with van der Waals surface area (Å²) in [7, 11) is 0. The Kier molecular flexibility index (Phi) is 6.02. The van der Waals surface area contributed by atoms with Crippen molar-refractivity contribution in [3.8, 4) is 0 Å². The van der Waals surface area contributed by atoms with Crippen molar-refractivity contribution < 1.29 is 14.3 Å². The lowest BCUT2D eigenvalue weighted by molar-refractivity contribution is -0.0182. The van der Waals surface area contributed by atoms with Gasteiger partial charge in [-0.1, -0.05) is 0 Å². The first kappa shape index (κ1) is 15.8. The summed E-state index contributed by atoms with van der Waals surface area (Å²) in [6, 6.07) is 7.08. The number of ether oxygens (including phenoxy) is 2. The molecule has 21 heavy (non-hydrogen) atoms. The van der Waals surface area contributed by atoms with Crippen molar-refractivity contribution >= 4 is 11.6 Å². The van der Waals surface area contributed by atoms with Gasteiger partial charge in [-0.05, 0) is 44.0 Å². The molecule has 1 aliphatic rings. The highest BCUT2D eigenvalue weighted by atomic mass is 16.5. The first-order chi connectivity index (χ1) is 10.2. The zero-order valence-electron chi connectivity index (χ0n) is 12.6. The van der Waals surface area contributed by atoms with Crippen molar-refractivity contribution in [3.05, 3.63) is 29.8 Å². The maximum absolute atomic E-state index is 12.3. The van der Waals surface area contributed by atoms with Gasteiger partial charge < -0.3 is 20.1 Å². The number of nitrogens with two attached hydrogens (primary N) is 1. The van der Waals surface area contributed by atoms with E-state index >= 15 is 0 Å². The van der Waals surface area contributed by atoms with E-state index in [1.807, 2.05) is 11.8 Å². The summed E-state index contributed by atoms with van der Waals surface area (Å²) in [4.78, 5) is 14.2. The van der Waals surface area contributed by atoms with Gasteiger partial charge in [0.1, 0.15) is 0 Å². The molecule has 2 N–H and O–H groups in total. The summed E-state index contributed by atoms with van der Waals surface area (Å²) in [6.45, 7) is 5.44. The first-order valence-corrected chi connectivity index (χ1v) is 7.55. The van der Waals surface area contributed by atoms with Gasteiger partial charge in [0.25, 0.3) is 5.91 Å². The van der Waals surface area contributed by atoms with Crippen molar-refractivity contribution in [1.82, 2.24) is 4.90 Å². The Bertz CT molecular complexity index is 439. The number of nitrogens with zero attached hydrogens (tertiary/aromatic N) is 1. The number of amides is 1. The maximum Gasteiger partial charge on any atom is 0.253 e. The molecular weight excluding hydrogens is 268 g/mol. The molecule has 116 valence electrons. The number of hydrogen-bond acceptors (Lipinski definition) is 4. The van der Waals surface area contributed by atoms with E-state index in [-0.39, 0.29) is 12.0 Å². The summed E-state index contributed by atoms with van der Waals surface area (Å²) in [5.41, 5.74) is 7.01. The number of carbonyl (C=O) groups is 1. The van der Waals surface area contributed by atoms with E-state index in [1.54, 1.807) is 24.3 Å². The summed E-state index contributed by atoms with van der Waals surface area (Å²) >= 11 is 0.